The Hall–Kier alpha value is -1.41. The van der Waals surface area contributed by atoms with Crippen molar-refractivity contribution in [3.63, 3.8) is 0 Å². The number of rotatable bonds is 5. The van der Waals surface area contributed by atoms with Crippen LogP contribution in [0.15, 0.2) is 66.7 Å². The molecule has 0 aliphatic rings. The first-order valence-corrected chi connectivity index (χ1v) is 10.6. The fourth-order valence-corrected chi connectivity index (χ4v) is 5.99. The summed E-state index contributed by atoms with van der Waals surface area (Å²) in [6, 6.07) is 18.3. The first-order chi connectivity index (χ1) is 12.9. The molecule has 0 radical (unpaired) electrons. The van der Waals surface area contributed by atoms with Gasteiger partial charge in [-0.05, 0) is 29.6 Å². The molecule has 3 aromatic rings. The summed E-state index contributed by atoms with van der Waals surface area (Å²) < 4.78 is 0. The Morgan fingerprint density at radius 3 is 1.30 bits per heavy atom. The van der Waals surface area contributed by atoms with Crippen LogP contribution in [0.5, 0.6) is 0 Å². The highest BCUT2D eigenvalue weighted by Crippen LogP contribution is 2.47. The molecule has 3 aromatic carbocycles. The third-order valence-corrected chi connectivity index (χ3v) is 7.11. The molecule has 0 atom stereocenters. The summed E-state index contributed by atoms with van der Waals surface area (Å²) in [6.45, 7) is 0. The minimum atomic E-state index is -2.01. The van der Waals surface area contributed by atoms with Gasteiger partial charge in [-0.15, -0.1) is 0 Å². The van der Waals surface area contributed by atoms with Crippen LogP contribution in [0.3, 0.4) is 0 Å². The molecule has 0 aromatic heterocycles. The van der Waals surface area contributed by atoms with E-state index in [2.05, 4.69) is 0 Å². The summed E-state index contributed by atoms with van der Waals surface area (Å²) in [4.78, 5) is 26.8. The van der Waals surface area contributed by atoms with Crippen molar-refractivity contribution < 1.29 is 9.59 Å². The van der Waals surface area contributed by atoms with E-state index in [9.17, 15) is 9.59 Å². The highest BCUT2D eigenvalue weighted by atomic mass is 35.5. The summed E-state index contributed by atoms with van der Waals surface area (Å²) in [5.74, 6) is 0. The fourth-order valence-electron chi connectivity index (χ4n) is 2.53. The molecule has 0 N–H and O–H groups in total. The van der Waals surface area contributed by atoms with Crippen LogP contribution in [-0.4, -0.2) is 11.0 Å². The first-order valence-electron chi connectivity index (χ1n) is 7.73. The lowest BCUT2D eigenvalue weighted by atomic mass is 10.2. The first kappa shape index (κ1) is 20.3. The predicted octanol–water partition coefficient (Wildman–Crippen LogP) is 7.09. The van der Waals surface area contributed by atoms with E-state index in [1.54, 1.807) is 66.7 Å². The SMILES string of the molecule is O=C(c1c(Cl)cccc1Cl)P(C(=O)c1c(Cl)cccc1Cl)c1ccccc1. The monoisotopic (exact) mass is 454 g/mol. The number of carbonyl (C=O) groups is 2. The van der Waals surface area contributed by atoms with Crippen molar-refractivity contribution >= 4 is 70.7 Å². The third-order valence-electron chi connectivity index (χ3n) is 3.77. The van der Waals surface area contributed by atoms with Crippen LogP contribution in [0, 0.1) is 0 Å². The van der Waals surface area contributed by atoms with Crippen LogP contribution >= 0.6 is 54.3 Å². The molecule has 27 heavy (non-hydrogen) atoms. The lowest BCUT2D eigenvalue weighted by molar-refractivity contribution is 0.105. The molecule has 0 aliphatic heterocycles. The average molecular weight is 456 g/mol. The standard InChI is InChI=1S/C20H11Cl4O2P/c21-13-8-4-9-14(22)17(13)19(25)27(12-6-2-1-3-7-12)20(26)18-15(23)10-5-11-16(18)24/h1-11H. The summed E-state index contributed by atoms with van der Waals surface area (Å²) in [6.07, 6.45) is 0. The van der Waals surface area contributed by atoms with Gasteiger partial charge in [-0.3, -0.25) is 9.59 Å². The maximum Gasteiger partial charge on any atom is 0.199 e. The molecule has 0 amide bonds. The molecule has 2 nitrogen and oxygen atoms in total. The second-order valence-electron chi connectivity index (χ2n) is 5.47. The van der Waals surface area contributed by atoms with Gasteiger partial charge >= 0.3 is 0 Å². The molecule has 136 valence electrons. The van der Waals surface area contributed by atoms with Crippen molar-refractivity contribution in [2.75, 3.05) is 0 Å². The van der Waals surface area contributed by atoms with Crippen LogP contribution in [0.4, 0.5) is 0 Å². The molecule has 0 unspecified atom stereocenters. The van der Waals surface area contributed by atoms with Gasteiger partial charge in [0.25, 0.3) is 0 Å². The van der Waals surface area contributed by atoms with Crippen molar-refractivity contribution in [1.82, 2.24) is 0 Å². The Balaban J connectivity index is 2.19. The van der Waals surface area contributed by atoms with Gasteiger partial charge in [0.05, 0.1) is 39.1 Å². The van der Waals surface area contributed by atoms with E-state index in [4.69, 9.17) is 46.4 Å². The maximum atomic E-state index is 13.4. The molecule has 7 heteroatoms. The summed E-state index contributed by atoms with van der Waals surface area (Å²) >= 11 is 24.8. The number of hydrogen-bond acceptors (Lipinski definition) is 2. The molecule has 0 heterocycles. The van der Waals surface area contributed by atoms with Crippen molar-refractivity contribution in [3.05, 3.63) is 97.9 Å². The highest BCUT2D eigenvalue weighted by Gasteiger charge is 2.34. The molecule has 0 aliphatic carbocycles. The van der Waals surface area contributed by atoms with Crippen molar-refractivity contribution in [2.45, 2.75) is 0 Å². The van der Waals surface area contributed by atoms with Gasteiger partial charge < -0.3 is 0 Å². The summed E-state index contributed by atoms with van der Waals surface area (Å²) in [5.41, 5.74) is -0.666. The second kappa shape index (κ2) is 8.73. The summed E-state index contributed by atoms with van der Waals surface area (Å²) in [5, 5.41) is 1.32. The zero-order valence-corrected chi connectivity index (χ0v) is 17.5. The van der Waals surface area contributed by atoms with Gasteiger partial charge in [0.2, 0.25) is 0 Å². The van der Waals surface area contributed by atoms with Crippen LogP contribution < -0.4 is 5.30 Å². The van der Waals surface area contributed by atoms with Gasteiger partial charge in [-0.2, -0.15) is 0 Å². The Morgan fingerprint density at radius 2 is 0.926 bits per heavy atom. The molecule has 0 bridgehead atoms. The summed E-state index contributed by atoms with van der Waals surface area (Å²) in [7, 11) is -2.01. The van der Waals surface area contributed by atoms with Gasteiger partial charge in [0, 0.05) is 0 Å². The van der Waals surface area contributed by atoms with Gasteiger partial charge in [-0.1, -0.05) is 88.9 Å². The van der Waals surface area contributed by atoms with E-state index in [-0.39, 0.29) is 31.2 Å². The van der Waals surface area contributed by atoms with Crippen LogP contribution in [0.25, 0.3) is 0 Å². The Kier molecular flexibility index (Phi) is 6.57. The van der Waals surface area contributed by atoms with Crippen LogP contribution in [-0.2, 0) is 0 Å². The molecular formula is C20H11Cl4O2P. The van der Waals surface area contributed by atoms with Crippen molar-refractivity contribution in [2.24, 2.45) is 0 Å². The zero-order valence-electron chi connectivity index (χ0n) is 13.6. The van der Waals surface area contributed by atoms with E-state index in [0.717, 1.165) is 0 Å². The maximum absolute atomic E-state index is 13.4. The van der Waals surface area contributed by atoms with E-state index in [0.29, 0.717) is 5.30 Å². The van der Waals surface area contributed by atoms with Crippen LogP contribution in [0.1, 0.15) is 20.7 Å². The quantitative estimate of drug-likeness (QED) is 0.385. The van der Waals surface area contributed by atoms with Crippen LogP contribution in [0.2, 0.25) is 20.1 Å². The topological polar surface area (TPSA) is 34.1 Å². The third kappa shape index (κ3) is 4.21. The number of benzene rings is 3. The molecule has 0 saturated heterocycles. The Morgan fingerprint density at radius 1 is 0.556 bits per heavy atom. The lowest BCUT2D eigenvalue weighted by Crippen LogP contribution is -2.17. The molecule has 0 saturated carbocycles. The fraction of sp³-hybridized carbons (Fsp3) is 0. The van der Waals surface area contributed by atoms with Crippen molar-refractivity contribution in [1.29, 1.82) is 0 Å². The van der Waals surface area contributed by atoms with Gasteiger partial charge in [-0.25, -0.2) is 0 Å². The smallest absolute Gasteiger partial charge is 0.199 e. The number of halogens is 4. The molecule has 0 spiro atoms. The molecule has 0 fully saturated rings. The zero-order chi connectivity index (χ0) is 19.6. The van der Waals surface area contributed by atoms with E-state index >= 15 is 0 Å². The lowest BCUT2D eigenvalue weighted by Gasteiger charge is -2.18. The molecule has 3 rings (SSSR count). The largest absolute Gasteiger partial charge is 0.288 e. The van der Waals surface area contributed by atoms with Crippen molar-refractivity contribution in [3.8, 4) is 0 Å². The molecular weight excluding hydrogens is 445 g/mol. The average Bonchev–Trinajstić information content (AvgIpc) is 2.62. The van der Waals surface area contributed by atoms with E-state index in [1.807, 2.05) is 0 Å². The number of hydrogen-bond donors (Lipinski definition) is 0. The van der Waals surface area contributed by atoms with Gasteiger partial charge in [0.15, 0.2) is 11.0 Å². The Bertz CT molecular complexity index is 918. The van der Waals surface area contributed by atoms with E-state index < -0.39 is 19.0 Å². The highest BCUT2D eigenvalue weighted by molar-refractivity contribution is 7.96. The Labute approximate surface area is 177 Å². The second-order valence-corrected chi connectivity index (χ2v) is 9.10. The predicted molar refractivity (Wildman–Crippen MR) is 115 cm³/mol. The number of carbonyl (C=O) groups excluding carboxylic acids is 2. The normalized spacial score (nSPS) is 10.9. The minimum Gasteiger partial charge on any atom is -0.288 e. The van der Waals surface area contributed by atoms with Gasteiger partial charge in [0.1, 0.15) is 0 Å². The van der Waals surface area contributed by atoms with E-state index in [1.165, 1.54) is 0 Å². The minimum absolute atomic E-state index is 0.118.